The van der Waals surface area contributed by atoms with E-state index in [0.29, 0.717) is 18.9 Å². The summed E-state index contributed by atoms with van der Waals surface area (Å²) in [7, 11) is 0. The summed E-state index contributed by atoms with van der Waals surface area (Å²) >= 11 is 0. The topological polar surface area (TPSA) is 26.3 Å². The highest BCUT2D eigenvalue weighted by molar-refractivity contribution is 5.68. The van der Waals surface area contributed by atoms with Crippen LogP contribution in [0, 0.1) is 5.92 Å². The molecule has 0 aromatic heterocycles. The van der Waals surface area contributed by atoms with Gasteiger partial charge in [0.1, 0.15) is 0 Å². The molecule has 0 fully saturated rings. The second kappa shape index (κ2) is 4.75. The zero-order chi connectivity index (χ0) is 8.81. The average molecular weight is 166 g/mol. The number of esters is 1. The number of hydrogen-bond donors (Lipinski definition) is 0. The van der Waals surface area contributed by atoms with Gasteiger partial charge in [0.05, 0.1) is 6.61 Å². The lowest BCUT2D eigenvalue weighted by atomic mass is 10.0. The van der Waals surface area contributed by atoms with Gasteiger partial charge in [-0.05, 0) is 6.42 Å². The first-order valence-electron chi connectivity index (χ1n) is 4.32. The summed E-state index contributed by atoms with van der Waals surface area (Å²) in [5.41, 5.74) is 0. The summed E-state index contributed by atoms with van der Waals surface area (Å²) in [6.07, 6.45) is 9.61. The van der Waals surface area contributed by atoms with Crippen molar-refractivity contribution in [2.75, 3.05) is 6.61 Å². The SMILES string of the molecule is CCC(=O)OCC1C=CC=CC1. The van der Waals surface area contributed by atoms with Crippen molar-refractivity contribution in [1.29, 1.82) is 0 Å². The van der Waals surface area contributed by atoms with Crippen LogP contribution in [0.15, 0.2) is 24.3 Å². The molecule has 0 aliphatic heterocycles. The Kier molecular flexibility index (Phi) is 3.58. The van der Waals surface area contributed by atoms with Gasteiger partial charge in [0.2, 0.25) is 0 Å². The lowest BCUT2D eigenvalue weighted by molar-refractivity contribution is -0.144. The van der Waals surface area contributed by atoms with Crippen molar-refractivity contribution in [3.05, 3.63) is 24.3 Å². The lowest BCUT2D eigenvalue weighted by Gasteiger charge is -2.12. The molecule has 2 nitrogen and oxygen atoms in total. The molecule has 0 amide bonds. The van der Waals surface area contributed by atoms with Gasteiger partial charge >= 0.3 is 5.97 Å². The Morgan fingerprint density at radius 3 is 3.00 bits per heavy atom. The molecule has 0 heterocycles. The standard InChI is InChI=1S/C10H14O2/c1-2-10(11)12-8-9-6-4-3-5-7-9/h3-6,9H,2,7-8H2,1H3. The first kappa shape index (κ1) is 9.04. The van der Waals surface area contributed by atoms with Gasteiger partial charge in [-0.2, -0.15) is 0 Å². The maximum Gasteiger partial charge on any atom is 0.305 e. The van der Waals surface area contributed by atoms with E-state index in [9.17, 15) is 4.79 Å². The first-order valence-corrected chi connectivity index (χ1v) is 4.32. The zero-order valence-electron chi connectivity index (χ0n) is 7.32. The van der Waals surface area contributed by atoms with Crippen LogP contribution in [0.4, 0.5) is 0 Å². The maximum absolute atomic E-state index is 10.8. The molecule has 1 rings (SSSR count). The molecule has 1 atom stereocenters. The Hall–Kier alpha value is -1.05. The molecule has 2 heteroatoms. The molecular formula is C10H14O2. The monoisotopic (exact) mass is 166 g/mol. The number of carbonyl (C=O) groups is 1. The Morgan fingerprint density at radius 1 is 1.58 bits per heavy atom. The summed E-state index contributed by atoms with van der Waals surface area (Å²) in [5.74, 6) is 0.267. The predicted molar refractivity (Wildman–Crippen MR) is 47.6 cm³/mol. The maximum atomic E-state index is 10.8. The molecule has 0 bridgehead atoms. The number of allylic oxidation sites excluding steroid dienone is 3. The van der Waals surface area contributed by atoms with Crippen molar-refractivity contribution in [1.82, 2.24) is 0 Å². The van der Waals surface area contributed by atoms with Crippen LogP contribution in [0.1, 0.15) is 19.8 Å². The molecule has 0 aromatic rings. The highest BCUT2D eigenvalue weighted by Crippen LogP contribution is 2.11. The van der Waals surface area contributed by atoms with Crippen LogP contribution >= 0.6 is 0 Å². The Labute approximate surface area is 72.9 Å². The smallest absolute Gasteiger partial charge is 0.305 e. The molecule has 12 heavy (non-hydrogen) atoms. The molecule has 66 valence electrons. The van der Waals surface area contributed by atoms with Crippen LogP contribution in [0.2, 0.25) is 0 Å². The molecule has 1 aliphatic carbocycles. The summed E-state index contributed by atoms with van der Waals surface area (Å²) < 4.78 is 5.01. The van der Waals surface area contributed by atoms with E-state index in [2.05, 4.69) is 12.2 Å². The van der Waals surface area contributed by atoms with Crippen LogP contribution in [-0.4, -0.2) is 12.6 Å². The van der Waals surface area contributed by atoms with E-state index in [1.165, 1.54) is 0 Å². The molecule has 0 saturated heterocycles. The highest BCUT2D eigenvalue weighted by atomic mass is 16.5. The second-order valence-corrected chi connectivity index (χ2v) is 2.85. The third-order valence-corrected chi connectivity index (χ3v) is 1.82. The largest absolute Gasteiger partial charge is 0.465 e. The van der Waals surface area contributed by atoms with Crippen molar-refractivity contribution in [2.45, 2.75) is 19.8 Å². The summed E-state index contributed by atoms with van der Waals surface area (Å²) in [4.78, 5) is 10.8. The number of carbonyl (C=O) groups excluding carboxylic acids is 1. The molecule has 1 unspecified atom stereocenters. The molecule has 0 saturated carbocycles. The Balaban J connectivity index is 2.19. The molecular weight excluding hydrogens is 152 g/mol. The van der Waals surface area contributed by atoms with Crippen molar-refractivity contribution in [2.24, 2.45) is 5.92 Å². The van der Waals surface area contributed by atoms with Gasteiger partial charge in [-0.25, -0.2) is 0 Å². The van der Waals surface area contributed by atoms with Crippen LogP contribution in [-0.2, 0) is 9.53 Å². The second-order valence-electron chi connectivity index (χ2n) is 2.85. The predicted octanol–water partition coefficient (Wildman–Crippen LogP) is 2.07. The van der Waals surface area contributed by atoms with Crippen molar-refractivity contribution in [3.8, 4) is 0 Å². The van der Waals surface area contributed by atoms with Crippen LogP contribution in [0.5, 0.6) is 0 Å². The minimum Gasteiger partial charge on any atom is -0.465 e. The Bertz CT molecular complexity index is 204. The van der Waals surface area contributed by atoms with Crippen LogP contribution in [0.3, 0.4) is 0 Å². The van der Waals surface area contributed by atoms with E-state index in [4.69, 9.17) is 4.74 Å². The van der Waals surface area contributed by atoms with E-state index in [0.717, 1.165) is 6.42 Å². The van der Waals surface area contributed by atoms with Crippen LogP contribution < -0.4 is 0 Å². The van der Waals surface area contributed by atoms with Gasteiger partial charge in [-0.15, -0.1) is 0 Å². The van der Waals surface area contributed by atoms with Crippen molar-refractivity contribution >= 4 is 5.97 Å². The lowest BCUT2D eigenvalue weighted by Crippen LogP contribution is -2.12. The normalized spacial score (nSPS) is 20.9. The third-order valence-electron chi connectivity index (χ3n) is 1.82. The van der Waals surface area contributed by atoms with Crippen molar-refractivity contribution in [3.63, 3.8) is 0 Å². The molecule has 0 radical (unpaired) electrons. The van der Waals surface area contributed by atoms with Gasteiger partial charge in [0, 0.05) is 12.3 Å². The molecule has 0 aromatic carbocycles. The molecule has 0 spiro atoms. The first-order chi connectivity index (χ1) is 5.83. The van der Waals surface area contributed by atoms with Crippen LogP contribution in [0.25, 0.3) is 0 Å². The van der Waals surface area contributed by atoms with Gasteiger partial charge in [-0.3, -0.25) is 4.79 Å². The summed E-state index contributed by atoms with van der Waals surface area (Å²) in [5, 5.41) is 0. The van der Waals surface area contributed by atoms with E-state index in [1.807, 2.05) is 12.2 Å². The molecule has 0 N–H and O–H groups in total. The minimum absolute atomic E-state index is 0.113. The quantitative estimate of drug-likeness (QED) is 0.600. The zero-order valence-corrected chi connectivity index (χ0v) is 7.32. The van der Waals surface area contributed by atoms with E-state index >= 15 is 0 Å². The van der Waals surface area contributed by atoms with E-state index in [-0.39, 0.29) is 5.97 Å². The van der Waals surface area contributed by atoms with Gasteiger partial charge in [-0.1, -0.05) is 31.2 Å². The number of ether oxygens (including phenoxy) is 1. The molecule has 1 aliphatic rings. The number of hydrogen-bond acceptors (Lipinski definition) is 2. The highest BCUT2D eigenvalue weighted by Gasteiger charge is 2.07. The fourth-order valence-electron chi connectivity index (χ4n) is 1.06. The van der Waals surface area contributed by atoms with Gasteiger partial charge < -0.3 is 4.74 Å². The minimum atomic E-state index is -0.113. The van der Waals surface area contributed by atoms with Gasteiger partial charge in [0.15, 0.2) is 0 Å². The van der Waals surface area contributed by atoms with Crippen molar-refractivity contribution < 1.29 is 9.53 Å². The summed E-state index contributed by atoms with van der Waals surface area (Å²) in [6, 6.07) is 0. The van der Waals surface area contributed by atoms with E-state index < -0.39 is 0 Å². The average Bonchev–Trinajstić information content (AvgIpc) is 2.16. The Morgan fingerprint density at radius 2 is 2.42 bits per heavy atom. The fraction of sp³-hybridized carbons (Fsp3) is 0.500. The van der Waals surface area contributed by atoms with Gasteiger partial charge in [0.25, 0.3) is 0 Å². The third kappa shape index (κ3) is 2.91. The fourth-order valence-corrected chi connectivity index (χ4v) is 1.06. The van der Waals surface area contributed by atoms with E-state index in [1.54, 1.807) is 6.92 Å². The summed E-state index contributed by atoms with van der Waals surface area (Å²) in [6.45, 7) is 2.33. The number of rotatable bonds is 3.